The number of benzene rings is 1. The molecule has 1 aliphatic heterocycles. The number of carbonyl (C=O) groups excluding carboxylic acids is 1. The summed E-state index contributed by atoms with van der Waals surface area (Å²) in [7, 11) is 0. The number of imidazole rings is 1. The van der Waals surface area contributed by atoms with Gasteiger partial charge in [-0.3, -0.25) is 4.79 Å². The van der Waals surface area contributed by atoms with Gasteiger partial charge in [0.05, 0.1) is 12.0 Å². The molecule has 1 amide bonds. The molecule has 134 valence electrons. The van der Waals surface area contributed by atoms with Gasteiger partial charge in [-0.1, -0.05) is 37.5 Å². The Balaban J connectivity index is 1.56. The summed E-state index contributed by atoms with van der Waals surface area (Å²) in [5.41, 5.74) is 2.90. The van der Waals surface area contributed by atoms with E-state index < -0.39 is 0 Å². The summed E-state index contributed by atoms with van der Waals surface area (Å²) in [5.74, 6) is 1.23. The molecule has 0 bridgehead atoms. The molecule has 0 spiro atoms. The number of rotatable bonds is 2. The number of nitrogens with zero attached hydrogens (tertiary/aromatic N) is 2. The SMILES string of the molecule is O=C(C1CCCCC1)N1CCc2[nH]cnc2[C@H]1c1cc2ccccc2o1. The maximum Gasteiger partial charge on any atom is 0.226 e. The molecule has 1 fully saturated rings. The predicted molar refractivity (Wildman–Crippen MR) is 98.6 cm³/mol. The van der Waals surface area contributed by atoms with Crippen LogP contribution in [0, 0.1) is 5.92 Å². The second kappa shape index (κ2) is 6.31. The summed E-state index contributed by atoms with van der Waals surface area (Å²) < 4.78 is 6.15. The van der Waals surface area contributed by atoms with E-state index >= 15 is 0 Å². The molecule has 26 heavy (non-hydrogen) atoms. The van der Waals surface area contributed by atoms with Crippen molar-refractivity contribution in [2.24, 2.45) is 5.92 Å². The number of furan rings is 1. The van der Waals surface area contributed by atoms with Crippen LogP contribution in [0.3, 0.4) is 0 Å². The summed E-state index contributed by atoms with van der Waals surface area (Å²) in [6.45, 7) is 0.715. The lowest BCUT2D eigenvalue weighted by Crippen LogP contribution is -2.44. The van der Waals surface area contributed by atoms with E-state index in [-0.39, 0.29) is 17.9 Å². The fourth-order valence-corrected chi connectivity index (χ4v) is 4.52. The van der Waals surface area contributed by atoms with E-state index in [1.165, 1.54) is 6.42 Å². The van der Waals surface area contributed by atoms with Gasteiger partial charge < -0.3 is 14.3 Å². The van der Waals surface area contributed by atoms with Crippen LogP contribution in [-0.4, -0.2) is 27.3 Å². The number of para-hydroxylation sites is 1. The van der Waals surface area contributed by atoms with Crippen molar-refractivity contribution in [3.8, 4) is 0 Å². The fourth-order valence-electron chi connectivity index (χ4n) is 4.52. The van der Waals surface area contributed by atoms with E-state index in [1.54, 1.807) is 6.33 Å². The standard InChI is InChI=1S/C21H23N3O2/c25-21(14-6-2-1-3-7-14)24-11-10-16-19(23-13-22-16)20(24)18-12-15-8-4-5-9-17(15)26-18/h4-5,8-9,12-14,20H,1-3,6-7,10-11H2,(H,22,23)/t20-/m1/s1. The van der Waals surface area contributed by atoms with Crippen LogP contribution in [-0.2, 0) is 11.2 Å². The number of aromatic amines is 1. The maximum absolute atomic E-state index is 13.3. The van der Waals surface area contributed by atoms with E-state index in [0.717, 1.165) is 60.2 Å². The molecule has 0 radical (unpaired) electrons. The van der Waals surface area contributed by atoms with Crippen molar-refractivity contribution in [2.45, 2.75) is 44.6 Å². The largest absolute Gasteiger partial charge is 0.458 e. The first-order chi connectivity index (χ1) is 12.8. The quantitative estimate of drug-likeness (QED) is 0.754. The highest BCUT2D eigenvalue weighted by atomic mass is 16.3. The number of H-pyrrole nitrogens is 1. The van der Waals surface area contributed by atoms with Gasteiger partial charge in [-0.05, 0) is 25.0 Å². The first-order valence-electron chi connectivity index (χ1n) is 9.62. The van der Waals surface area contributed by atoms with Crippen LogP contribution in [0.25, 0.3) is 11.0 Å². The zero-order valence-corrected chi connectivity index (χ0v) is 14.8. The van der Waals surface area contributed by atoms with Crippen molar-refractivity contribution < 1.29 is 9.21 Å². The molecule has 1 atom stereocenters. The first-order valence-corrected chi connectivity index (χ1v) is 9.62. The zero-order chi connectivity index (χ0) is 17.5. The molecule has 5 rings (SSSR count). The molecular weight excluding hydrogens is 326 g/mol. The van der Waals surface area contributed by atoms with Gasteiger partial charge >= 0.3 is 0 Å². The van der Waals surface area contributed by atoms with Crippen molar-refractivity contribution in [2.75, 3.05) is 6.54 Å². The number of aromatic nitrogens is 2. The first kappa shape index (κ1) is 15.7. The van der Waals surface area contributed by atoms with E-state index in [4.69, 9.17) is 4.42 Å². The minimum Gasteiger partial charge on any atom is -0.458 e. The molecule has 1 aromatic carbocycles. The van der Waals surface area contributed by atoms with Crippen molar-refractivity contribution in [1.82, 2.24) is 14.9 Å². The Morgan fingerprint density at radius 1 is 1.19 bits per heavy atom. The highest BCUT2D eigenvalue weighted by molar-refractivity contribution is 5.81. The number of hydrogen-bond acceptors (Lipinski definition) is 3. The van der Waals surface area contributed by atoms with E-state index in [1.807, 2.05) is 29.2 Å². The number of hydrogen-bond donors (Lipinski definition) is 1. The van der Waals surface area contributed by atoms with Gasteiger partial charge in [0.2, 0.25) is 5.91 Å². The molecule has 3 heterocycles. The van der Waals surface area contributed by atoms with E-state index in [9.17, 15) is 4.79 Å². The van der Waals surface area contributed by atoms with Crippen LogP contribution in [0.2, 0.25) is 0 Å². The summed E-state index contributed by atoms with van der Waals surface area (Å²) in [6.07, 6.45) is 8.14. The van der Waals surface area contributed by atoms with Gasteiger partial charge in [-0.25, -0.2) is 4.98 Å². The molecule has 1 saturated carbocycles. The van der Waals surface area contributed by atoms with Crippen LogP contribution in [0.15, 0.2) is 41.1 Å². The average molecular weight is 349 g/mol. The number of carbonyl (C=O) groups is 1. The van der Waals surface area contributed by atoms with Gasteiger partial charge in [-0.15, -0.1) is 0 Å². The monoisotopic (exact) mass is 349 g/mol. The van der Waals surface area contributed by atoms with Gasteiger partial charge in [0.1, 0.15) is 17.4 Å². The number of nitrogens with one attached hydrogen (secondary N) is 1. The summed E-state index contributed by atoms with van der Waals surface area (Å²) in [4.78, 5) is 23.1. The van der Waals surface area contributed by atoms with Crippen LogP contribution in [0.5, 0.6) is 0 Å². The molecule has 2 aromatic heterocycles. The summed E-state index contributed by atoms with van der Waals surface area (Å²) in [6, 6.07) is 9.83. The van der Waals surface area contributed by atoms with Gasteiger partial charge in [-0.2, -0.15) is 0 Å². The van der Waals surface area contributed by atoms with Crippen molar-refractivity contribution >= 4 is 16.9 Å². The van der Waals surface area contributed by atoms with Crippen LogP contribution in [0.4, 0.5) is 0 Å². The second-order valence-corrected chi connectivity index (χ2v) is 7.47. The Labute approximate surface area is 152 Å². The molecule has 5 nitrogen and oxygen atoms in total. The van der Waals surface area contributed by atoms with Gasteiger partial charge in [0, 0.05) is 30.0 Å². The number of amides is 1. The van der Waals surface area contributed by atoms with Crippen molar-refractivity contribution in [3.05, 3.63) is 53.8 Å². The molecule has 1 aliphatic carbocycles. The van der Waals surface area contributed by atoms with E-state index in [2.05, 4.69) is 16.0 Å². The average Bonchev–Trinajstić information content (AvgIpc) is 3.33. The van der Waals surface area contributed by atoms with Gasteiger partial charge in [0.25, 0.3) is 0 Å². The van der Waals surface area contributed by atoms with Crippen molar-refractivity contribution in [3.63, 3.8) is 0 Å². The molecule has 3 aromatic rings. The lowest BCUT2D eigenvalue weighted by Gasteiger charge is -2.37. The van der Waals surface area contributed by atoms with Crippen molar-refractivity contribution in [1.29, 1.82) is 0 Å². The Morgan fingerprint density at radius 3 is 2.88 bits per heavy atom. The highest BCUT2D eigenvalue weighted by Gasteiger charge is 2.38. The normalized spacial score (nSPS) is 21.1. The summed E-state index contributed by atoms with van der Waals surface area (Å²) in [5, 5.41) is 1.07. The number of fused-ring (bicyclic) bond motifs is 2. The molecule has 2 aliphatic rings. The molecule has 1 N–H and O–H groups in total. The second-order valence-electron chi connectivity index (χ2n) is 7.47. The third kappa shape index (κ3) is 2.54. The third-order valence-electron chi connectivity index (χ3n) is 5.88. The Morgan fingerprint density at radius 2 is 2.04 bits per heavy atom. The Kier molecular flexibility index (Phi) is 3.80. The molecule has 0 saturated heterocycles. The Hall–Kier alpha value is -2.56. The minimum absolute atomic E-state index is 0.149. The molecule has 5 heteroatoms. The Bertz CT molecular complexity index is 903. The minimum atomic E-state index is -0.230. The zero-order valence-electron chi connectivity index (χ0n) is 14.8. The predicted octanol–water partition coefficient (Wildman–Crippen LogP) is 4.21. The highest BCUT2D eigenvalue weighted by Crippen LogP contribution is 2.38. The van der Waals surface area contributed by atoms with Crippen LogP contribution < -0.4 is 0 Å². The fraction of sp³-hybridized carbons (Fsp3) is 0.429. The van der Waals surface area contributed by atoms with Gasteiger partial charge in [0.15, 0.2) is 0 Å². The molecular formula is C21H23N3O2. The topological polar surface area (TPSA) is 62.1 Å². The smallest absolute Gasteiger partial charge is 0.226 e. The van der Waals surface area contributed by atoms with E-state index in [0.29, 0.717) is 6.54 Å². The van der Waals surface area contributed by atoms with Crippen LogP contribution in [0.1, 0.15) is 55.3 Å². The lowest BCUT2D eigenvalue weighted by atomic mass is 9.87. The molecule has 0 unspecified atom stereocenters. The maximum atomic E-state index is 13.3. The van der Waals surface area contributed by atoms with Crippen LogP contribution >= 0.6 is 0 Å². The third-order valence-corrected chi connectivity index (χ3v) is 5.88. The summed E-state index contributed by atoms with van der Waals surface area (Å²) >= 11 is 0. The lowest BCUT2D eigenvalue weighted by molar-refractivity contribution is -0.139.